The number of hydrogen-bond acceptors (Lipinski definition) is 4. The van der Waals surface area contributed by atoms with E-state index in [1.54, 1.807) is 17.8 Å². The van der Waals surface area contributed by atoms with Gasteiger partial charge in [0.15, 0.2) is 11.5 Å². The van der Waals surface area contributed by atoms with Crippen LogP contribution in [-0.4, -0.2) is 20.6 Å². The van der Waals surface area contributed by atoms with E-state index in [0.717, 1.165) is 10.6 Å². The number of pyridine rings is 1. The molecule has 0 bridgehead atoms. The quantitative estimate of drug-likeness (QED) is 0.138. The van der Waals surface area contributed by atoms with Crippen molar-refractivity contribution >= 4 is 74.3 Å². The van der Waals surface area contributed by atoms with Gasteiger partial charge in [-0.05, 0) is 64.8 Å². The van der Waals surface area contributed by atoms with Crippen molar-refractivity contribution in [2.45, 2.75) is 49.3 Å². The van der Waals surface area contributed by atoms with E-state index in [4.69, 9.17) is 11.6 Å². The average molecular weight is 581 g/mol. The van der Waals surface area contributed by atoms with Gasteiger partial charge in [0.1, 0.15) is 10.7 Å². The summed E-state index contributed by atoms with van der Waals surface area (Å²) in [5, 5.41) is 3.62. The maximum Gasteiger partial charge on any atom is 0.295 e. The molecular weight excluding hydrogens is 560 g/mol. The number of nitrogens with zero attached hydrogens (tertiary/aromatic N) is 3. The van der Waals surface area contributed by atoms with Gasteiger partial charge < -0.3 is 5.32 Å². The van der Waals surface area contributed by atoms with Gasteiger partial charge >= 0.3 is 0 Å². The zero-order valence-electron chi connectivity index (χ0n) is 16.3. The van der Waals surface area contributed by atoms with Crippen molar-refractivity contribution in [2.75, 3.05) is 11.6 Å². The summed E-state index contributed by atoms with van der Waals surface area (Å²) in [5.41, 5.74) is 3.65. The van der Waals surface area contributed by atoms with Crippen LogP contribution in [0.1, 0.15) is 55.8 Å². The van der Waals surface area contributed by atoms with E-state index in [-0.39, 0.29) is 17.4 Å². The fraction of sp³-hybridized carbons (Fsp3) is 0.400. The number of imidazole rings is 1. The molecule has 4 nitrogen and oxygen atoms in total. The van der Waals surface area contributed by atoms with Gasteiger partial charge in [-0.1, -0.05) is 36.9 Å². The number of nitrogens with one attached hydrogen (secondary N) is 1. The highest BCUT2D eigenvalue weighted by Gasteiger charge is 2.23. The smallest absolute Gasteiger partial charge is 0.295 e. The minimum atomic E-state index is -2.68. The molecule has 0 aliphatic heterocycles. The molecule has 1 saturated carbocycles. The summed E-state index contributed by atoms with van der Waals surface area (Å²) in [6, 6.07) is 8.14. The van der Waals surface area contributed by atoms with Gasteiger partial charge in [-0.3, -0.25) is 4.34 Å². The van der Waals surface area contributed by atoms with E-state index >= 15 is 0 Å². The van der Waals surface area contributed by atoms with Crippen LogP contribution in [0.15, 0.2) is 29.2 Å². The molecule has 1 aliphatic carbocycles. The average Bonchev–Trinajstić information content (AvgIpc) is 3.13. The molecule has 1 aliphatic rings. The lowest BCUT2D eigenvalue weighted by molar-refractivity contribution is 0.140. The summed E-state index contributed by atoms with van der Waals surface area (Å²) in [4.78, 5) is 9.56. The molecule has 0 radical (unpaired) electrons. The number of hydrogen-bond donors (Lipinski definition) is 1. The van der Waals surface area contributed by atoms with Crippen LogP contribution in [0.25, 0.3) is 11.2 Å². The molecule has 1 aromatic carbocycles. The summed E-state index contributed by atoms with van der Waals surface area (Å²) in [6.45, 7) is 0. The molecule has 2 heterocycles. The normalized spacial score (nSPS) is 15.7. The molecule has 0 spiro atoms. The Labute approximate surface area is 198 Å². The molecule has 0 saturated heterocycles. The Kier molecular flexibility index (Phi) is 7.38. The van der Waals surface area contributed by atoms with Crippen LogP contribution < -0.4 is 5.32 Å². The highest BCUT2D eigenvalue weighted by Crippen LogP contribution is 2.40. The number of benzene rings is 1. The van der Waals surface area contributed by atoms with E-state index < -0.39 is 6.43 Å². The summed E-state index contributed by atoms with van der Waals surface area (Å²) in [7, 11) is 0. The minimum Gasteiger partial charge on any atom is -0.353 e. The highest BCUT2D eigenvalue weighted by molar-refractivity contribution is 14.2. The van der Waals surface area contributed by atoms with Gasteiger partial charge in [-0.25, -0.2) is 18.7 Å². The summed E-state index contributed by atoms with van der Waals surface area (Å²) < 4.78 is 28.4. The first-order valence-corrected chi connectivity index (χ1v) is 15.4. The van der Waals surface area contributed by atoms with E-state index in [0.29, 0.717) is 22.8 Å². The largest absolute Gasteiger partial charge is 0.353 e. The topological polar surface area (TPSA) is 42.7 Å². The Bertz CT molecular complexity index is 1060. The van der Waals surface area contributed by atoms with E-state index in [1.165, 1.54) is 42.0 Å². The van der Waals surface area contributed by atoms with Gasteiger partial charge in [0.2, 0.25) is 0 Å². The molecule has 160 valence electrons. The third-order valence-corrected chi connectivity index (χ3v) is 8.49. The Hall–Kier alpha value is -0.700. The fourth-order valence-corrected chi connectivity index (χ4v) is 6.68. The maximum absolute atomic E-state index is 13.5. The van der Waals surface area contributed by atoms with Gasteiger partial charge in [0.25, 0.3) is 6.43 Å². The standard InChI is InChI=1S/C20H21ClF2IN4PS/c1-30-15-9-12(11-5-3-2-4-6-11)7-8-13(15)25-14-10-16(21)26-19-17(14)27-20(18(22)23)28(19)29-24/h7-11,18,29H,2-6H2,1H3,(H,25,26). The van der Waals surface area contributed by atoms with E-state index in [1.807, 2.05) is 6.26 Å². The number of rotatable bonds is 6. The zero-order valence-corrected chi connectivity index (χ0v) is 21.0. The Morgan fingerprint density at radius 3 is 2.63 bits per heavy atom. The Morgan fingerprint density at radius 1 is 1.20 bits per heavy atom. The van der Waals surface area contributed by atoms with Crippen LogP contribution in [0.4, 0.5) is 20.2 Å². The fourth-order valence-electron chi connectivity index (χ4n) is 4.00. The summed E-state index contributed by atoms with van der Waals surface area (Å²) in [6.07, 6.45) is 5.81. The second-order valence-corrected chi connectivity index (χ2v) is 10.6. The van der Waals surface area contributed by atoms with Gasteiger partial charge in [-0.15, -0.1) is 11.8 Å². The number of anilines is 2. The Balaban J connectivity index is 1.73. The van der Waals surface area contributed by atoms with Crippen LogP contribution in [0, 0.1) is 0 Å². The lowest BCUT2D eigenvalue weighted by atomic mass is 9.84. The van der Waals surface area contributed by atoms with Crippen LogP contribution in [0.5, 0.6) is 0 Å². The highest BCUT2D eigenvalue weighted by atomic mass is 127. The Morgan fingerprint density at radius 2 is 1.97 bits per heavy atom. The molecule has 10 heteroatoms. The number of alkyl halides is 2. The van der Waals surface area contributed by atoms with Crippen molar-refractivity contribution in [3.8, 4) is 0 Å². The lowest BCUT2D eigenvalue weighted by Crippen LogP contribution is -2.05. The molecule has 1 N–H and O–H groups in total. The van der Waals surface area contributed by atoms with Crippen molar-refractivity contribution in [2.24, 2.45) is 0 Å². The van der Waals surface area contributed by atoms with Gasteiger partial charge in [0.05, 0.1) is 17.7 Å². The van der Waals surface area contributed by atoms with Gasteiger partial charge in [0, 0.05) is 11.0 Å². The number of halogens is 4. The van der Waals surface area contributed by atoms with Crippen LogP contribution >= 0.6 is 51.8 Å². The van der Waals surface area contributed by atoms with Crippen LogP contribution in [-0.2, 0) is 0 Å². The molecule has 2 aromatic heterocycles. The molecule has 1 atom stereocenters. The summed E-state index contributed by atoms with van der Waals surface area (Å²) >= 11 is 9.94. The molecule has 3 aromatic rings. The second kappa shape index (κ2) is 9.84. The van der Waals surface area contributed by atoms with E-state index in [2.05, 4.69) is 55.5 Å². The predicted octanol–water partition coefficient (Wildman–Crippen LogP) is 8.33. The third kappa shape index (κ3) is 4.57. The molecule has 30 heavy (non-hydrogen) atoms. The van der Waals surface area contributed by atoms with Crippen LogP contribution in [0.2, 0.25) is 5.15 Å². The monoisotopic (exact) mass is 580 g/mol. The van der Waals surface area contributed by atoms with Crippen molar-refractivity contribution in [1.82, 2.24) is 14.3 Å². The van der Waals surface area contributed by atoms with E-state index in [9.17, 15) is 8.78 Å². The molecule has 1 unspecified atom stereocenters. The van der Waals surface area contributed by atoms with Crippen molar-refractivity contribution in [3.63, 3.8) is 0 Å². The molecule has 1 fully saturated rings. The lowest BCUT2D eigenvalue weighted by Gasteiger charge is -2.23. The summed E-state index contributed by atoms with van der Waals surface area (Å²) in [5.74, 6) is 0.336. The van der Waals surface area contributed by atoms with Crippen LogP contribution in [0.3, 0.4) is 0 Å². The number of aromatic nitrogens is 3. The third-order valence-electron chi connectivity index (χ3n) is 5.46. The molecule has 0 amide bonds. The number of fused-ring (bicyclic) bond motifs is 1. The number of thioether (sulfide) groups is 1. The predicted molar refractivity (Wildman–Crippen MR) is 133 cm³/mol. The first-order valence-electron chi connectivity index (χ1n) is 9.70. The molecule has 4 rings (SSSR count). The first-order chi connectivity index (χ1) is 14.5. The zero-order chi connectivity index (χ0) is 21.3. The SMILES string of the molecule is CSc1cc(C2CCCCC2)ccc1Nc1cc(Cl)nc2c1nc(C(F)F)n2PI. The second-order valence-electron chi connectivity index (χ2n) is 7.28. The van der Waals surface area contributed by atoms with Crippen molar-refractivity contribution < 1.29 is 8.78 Å². The molecular formula is C20H21ClF2IN4PS. The van der Waals surface area contributed by atoms with Gasteiger partial charge in [-0.2, -0.15) is 0 Å². The minimum absolute atomic E-state index is 0.0498. The maximum atomic E-state index is 13.5. The first kappa shape index (κ1) is 22.5. The van der Waals surface area contributed by atoms with Crippen molar-refractivity contribution in [1.29, 1.82) is 0 Å². The van der Waals surface area contributed by atoms with Crippen molar-refractivity contribution in [3.05, 3.63) is 40.8 Å².